The Morgan fingerprint density at radius 3 is 2.67 bits per heavy atom. The fraction of sp³-hybridized carbons (Fsp3) is 0.200. The molecule has 3 aromatic rings. The zero-order valence-electron chi connectivity index (χ0n) is 15.7. The van der Waals surface area contributed by atoms with Crippen molar-refractivity contribution in [1.29, 1.82) is 0 Å². The third-order valence-corrected chi connectivity index (χ3v) is 5.53. The van der Waals surface area contributed by atoms with Crippen LogP contribution in [0.4, 0.5) is 11.5 Å². The number of thiol groups is 1. The van der Waals surface area contributed by atoms with Crippen LogP contribution in [0.15, 0.2) is 54.2 Å². The summed E-state index contributed by atoms with van der Waals surface area (Å²) in [6, 6.07) is 10.1. The average Bonchev–Trinajstić information content (AvgIpc) is 3.15. The second-order valence-corrected chi connectivity index (χ2v) is 7.84. The van der Waals surface area contributed by atoms with Crippen molar-refractivity contribution >= 4 is 41.2 Å². The minimum Gasteiger partial charge on any atom is -0.387 e. The summed E-state index contributed by atoms with van der Waals surface area (Å²) in [5, 5.41) is 7.48. The number of hydrogen-bond acceptors (Lipinski definition) is 7. The van der Waals surface area contributed by atoms with Crippen LogP contribution in [0.2, 0.25) is 0 Å². The molecule has 2 heterocycles. The minimum atomic E-state index is 0.678. The highest BCUT2D eigenvalue weighted by atomic mass is 32.1. The van der Waals surface area contributed by atoms with E-state index in [0.717, 1.165) is 43.1 Å². The van der Waals surface area contributed by atoms with E-state index in [0.29, 0.717) is 6.54 Å². The topological polar surface area (TPSA) is 53.1 Å². The molecule has 0 bridgehead atoms. The summed E-state index contributed by atoms with van der Waals surface area (Å²) in [5.74, 6) is 0.932. The molecule has 5 nitrogen and oxygen atoms in total. The highest BCUT2D eigenvalue weighted by molar-refractivity contribution is 7.80. The summed E-state index contributed by atoms with van der Waals surface area (Å²) >= 11 is 6.09. The van der Waals surface area contributed by atoms with Crippen LogP contribution >= 0.6 is 24.0 Å². The number of benzene rings is 1. The van der Waals surface area contributed by atoms with Gasteiger partial charge in [0.25, 0.3) is 0 Å². The SMILES string of the molecule is C=C(NCc1cnc(-c2ccc(N(C)C)nc2)s1)c1ccc(S)c(NC)c1. The maximum absolute atomic E-state index is 4.53. The van der Waals surface area contributed by atoms with E-state index >= 15 is 0 Å². The number of pyridine rings is 1. The summed E-state index contributed by atoms with van der Waals surface area (Å²) < 4.78 is 0. The van der Waals surface area contributed by atoms with Gasteiger partial charge in [0.15, 0.2) is 0 Å². The lowest BCUT2D eigenvalue weighted by atomic mass is 10.1. The van der Waals surface area contributed by atoms with Crippen molar-refractivity contribution in [2.75, 3.05) is 31.4 Å². The third-order valence-electron chi connectivity index (χ3n) is 4.10. The van der Waals surface area contributed by atoms with Crippen LogP contribution in [0.1, 0.15) is 10.4 Å². The zero-order valence-corrected chi connectivity index (χ0v) is 17.4. The molecule has 0 amide bonds. The van der Waals surface area contributed by atoms with Gasteiger partial charge in [-0.1, -0.05) is 12.6 Å². The fourth-order valence-corrected chi connectivity index (χ4v) is 3.61. The molecule has 0 saturated carbocycles. The molecule has 2 N–H and O–H groups in total. The Balaban J connectivity index is 1.65. The molecule has 2 aromatic heterocycles. The maximum Gasteiger partial charge on any atom is 0.127 e. The summed E-state index contributed by atoms with van der Waals surface area (Å²) in [4.78, 5) is 13.0. The normalized spacial score (nSPS) is 10.5. The van der Waals surface area contributed by atoms with Crippen LogP contribution in [-0.4, -0.2) is 31.1 Å². The van der Waals surface area contributed by atoms with Gasteiger partial charge in [0.2, 0.25) is 0 Å². The van der Waals surface area contributed by atoms with E-state index in [2.05, 4.69) is 45.9 Å². The Kier molecular flexibility index (Phi) is 6.03. The van der Waals surface area contributed by atoms with Crippen molar-refractivity contribution in [2.45, 2.75) is 11.4 Å². The van der Waals surface area contributed by atoms with Crippen LogP contribution in [0, 0.1) is 0 Å². The minimum absolute atomic E-state index is 0.678. The quantitative estimate of drug-likeness (QED) is 0.517. The van der Waals surface area contributed by atoms with E-state index in [-0.39, 0.29) is 0 Å². The molecule has 3 rings (SSSR count). The van der Waals surface area contributed by atoms with Crippen molar-refractivity contribution in [3.63, 3.8) is 0 Å². The van der Waals surface area contributed by atoms with Gasteiger partial charge in [-0.25, -0.2) is 9.97 Å². The zero-order chi connectivity index (χ0) is 19.4. The molecule has 0 radical (unpaired) electrons. The van der Waals surface area contributed by atoms with Gasteiger partial charge in [0.05, 0.1) is 6.54 Å². The van der Waals surface area contributed by atoms with Gasteiger partial charge < -0.3 is 15.5 Å². The molecule has 1 aromatic carbocycles. The van der Waals surface area contributed by atoms with Crippen molar-refractivity contribution in [1.82, 2.24) is 15.3 Å². The molecule has 27 heavy (non-hydrogen) atoms. The number of aromatic nitrogens is 2. The van der Waals surface area contributed by atoms with E-state index in [1.807, 2.05) is 62.7 Å². The molecule has 140 valence electrons. The molecule has 0 saturated heterocycles. The molecular formula is C20H23N5S2. The molecule has 0 fully saturated rings. The van der Waals surface area contributed by atoms with Crippen molar-refractivity contribution in [2.24, 2.45) is 0 Å². The standard InChI is InChI=1S/C20H23N5S2/c1-13(14-5-7-18(26)17(9-14)21-2)22-11-16-12-24-20(27-16)15-6-8-19(23-10-15)25(3)4/h5-10,12,21-22,26H,1,11H2,2-4H3. The van der Waals surface area contributed by atoms with Crippen molar-refractivity contribution in [3.8, 4) is 10.6 Å². The van der Waals surface area contributed by atoms with Crippen LogP contribution in [0.3, 0.4) is 0 Å². The third kappa shape index (κ3) is 4.61. The van der Waals surface area contributed by atoms with Crippen LogP contribution in [0.5, 0.6) is 0 Å². The summed E-state index contributed by atoms with van der Waals surface area (Å²) in [5.41, 5.74) is 3.91. The monoisotopic (exact) mass is 397 g/mol. The van der Waals surface area contributed by atoms with E-state index < -0.39 is 0 Å². The number of thiazole rings is 1. The van der Waals surface area contributed by atoms with E-state index in [1.54, 1.807) is 11.3 Å². The molecule has 0 atom stereocenters. The van der Waals surface area contributed by atoms with Gasteiger partial charge in [0, 0.05) is 60.3 Å². The smallest absolute Gasteiger partial charge is 0.127 e. The molecule has 0 aliphatic rings. The van der Waals surface area contributed by atoms with Gasteiger partial charge in [-0.15, -0.1) is 24.0 Å². The highest BCUT2D eigenvalue weighted by Gasteiger charge is 2.08. The molecular weight excluding hydrogens is 374 g/mol. The van der Waals surface area contributed by atoms with E-state index in [9.17, 15) is 0 Å². The Morgan fingerprint density at radius 2 is 2.00 bits per heavy atom. The Morgan fingerprint density at radius 1 is 1.19 bits per heavy atom. The molecule has 0 aliphatic carbocycles. The molecule has 7 heteroatoms. The average molecular weight is 398 g/mol. The lowest BCUT2D eigenvalue weighted by Gasteiger charge is -2.11. The largest absolute Gasteiger partial charge is 0.387 e. The van der Waals surface area contributed by atoms with Gasteiger partial charge in [-0.05, 0) is 29.8 Å². The number of nitrogens with zero attached hydrogens (tertiary/aromatic N) is 3. The summed E-state index contributed by atoms with van der Waals surface area (Å²) in [7, 11) is 5.84. The molecule has 0 spiro atoms. The van der Waals surface area contributed by atoms with Gasteiger partial charge >= 0.3 is 0 Å². The van der Waals surface area contributed by atoms with Crippen molar-refractivity contribution < 1.29 is 0 Å². The van der Waals surface area contributed by atoms with Crippen molar-refractivity contribution in [3.05, 3.63) is 59.7 Å². The highest BCUT2D eigenvalue weighted by Crippen LogP contribution is 2.27. The van der Waals surface area contributed by atoms with Gasteiger partial charge in [-0.2, -0.15) is 0 Å². The lowest BCUT2D eigenvalue weighted by Crippen LogP contribution is -2.10. The number of nitrogens with one attached hydrogen (secondary N) is 2. The predicted octanol–water partition coefficient (Wildman–Crippen LogP) is 4.36. The summed E-state index contributed by atoms with van der Waals surface area (Å²) in [6.45, 7) is 4.82. The number of rotatable bonds is 7. The van der Waals surface area contributed by atoms with Crippen LogP contribution < -0.4 is 15.5 Å². The Hall–Kier alpha value is -2.51. The first-order chi connectivity index (χ1) is 13.0. The Labute approximate surface area is 169 Å². The van der Waals surface area contributed by atoms with Gasteiger partial charge in [0.1, 0.15) is 10.8 Å². The summed E-state index contributed by atoms with van der Waals surface area (Å²) in [6.07, 6.45) is 3.76. The number of hydrogen-bond donors (Lipinski definition) is 3. The fourth-order valence-electron chi connectivity index (χ4n) is 2.52. The van der Waals surface area contributed by atoms with Crippen LogP contribution in [0.25, 0.3) is 16.3 Å². The van der Waals surface area contributed by atoms with E-state index in [4.69, 9.17) is 0 Å². The second-order valence-electron chi connectivity index (χ2n) is 6.25. The Bertz CT molecular complexity index is 932. The van der Waals surface area contributed by atoms with Gasteiger partial charge in [-0.3, -0.25) is 0 Å². The van der Waals surface area contributed by atoms with Crippen LogP contribution in [-0.2, 0) is 6.54 Å². The first-order valence-corrected chi connectivity index (χ1v) is 9.76. The number of anilines is 2. The molecule has 0 aliphatic heterocycles. The maximum atomic E-state index is 4.53. The van der Waals surface area contributed by atoms with E-state index in [1.165, 1.54) is 0 Å². The first-order valence-electron chi connectivity index (χ1n) is 8.50. The first kappa shape index (κ1) is 19.3. The predicted molar refractivity (Wildman–Crippen MR) is 119 cm³/mol. The lowest BCUT2D eigenvalue weighted by molar-refractivity contribution is 0.906. The molecule has 0 unspecified atom stereocenters. The second kappa shape index (κ2) is 8.45.